The van der Waals surface area contributed by atoms with Gasteiger partial charge in [-0.05, 0) is 32.3 Å². The van der Waals surface area contributed by atoms with Gasteiger partial charge in [0.1, 0.15) is 0 Å². The van der Waals surface area contributed by atoms with E-state index in [0.717, 1.165) is 31.2 Å². The number of rotatable bonds is 3. The van der Waals surface area contributed by atoms with Crippen LogP contribution in [0.4, 0.5) is 0 Å². The zero-order chi connectivity index (χ0) is 13.9. The van der Waals surface area contributed by atoms with E-state index in [2.05, 4.69) is 5.32 Å². The molecule has 1 aliphatic rings. The Morgan fingerprint density at radius 1 is 1.21 bits per heavy atom. The summed E-state index contributed by atoms with van der Waals surface area (Å²) in [6.45, 7) is 3.85. The first-order valence-corrected chi connectivity index (χ1v) is 7.06. The topological polar surface area (TPSA) is 49.3 Å². The first kappa shape index (κ1) is 14.1. The lowest BCUT2D eigenvalue weighted by Crippen LogP contribution is -2.50. The van der Waals surface area contributed by atoms with Crippen molar-refractivity contribution in [2.45, 2.75) is 57.1 Å². The molecule has 0 aromatic heterocycles. The lowest BCUT2D eigenvalue weighted by atomic mass is 9.82. The molecule has 1 aromatic carbocycles. The fourth-order valence-electron chi connectivity index (χ4n) is 2.61. The average Bonchev–Trinajstić information content (AvgIpc) is 2.42. The van der Waals surface area contributed by atoms with Gasteiger partial charge in [-0.3, -0.25) is 4.79 Å². The van der Waals surface area contributed by atoms with Gasteiger partial charge in [0.2, 0.25) is 5.91 Å². The van der Waals surface area contributed by atoms with Crippen LogP contribution < -0.4 is 5.32 Å². The lowest BCUT2D eigenvalue weighted by Gasteiger charge is -2.32. The van der Waals surface area contributed by atoms with Crippen molar-refractivity contribution in [2.75, 3.05) is 0 Å². The van der Waals surface area contributed by atoms with Crippen molar-refractivity contribution in [3.05, 3.63) is 35.9 Å². The second kappa shape index (κ2) is 5.74. The van der Waals surface area contributed by atoms with Crippen LogP contribution in [-0.2, 0) is 10.2 Å². The Kier molecular flexibility index (Phi) is 4.25. The van der Waals surface area contributed by atoms with Crippen LogP contribution >= 0.6 is 0 Å². The highest BCUT2D eigenvalue weighted by Gasteiger charge is 2.33. The molecule has 0 heterocycles. The number of nitrogens with one attached hydrogen (secondary N) is 1. The summed E-state index contributed by atoms with van der Waals surface area (Å²) >= 11 is 0. The van der Waals surface area contributed by atoms with Crippen molar-refractivity contribution in [2.24, 2.45) is 0 Å². The van der Waals surface area contributed by atoms with Crippen LogP contribution in [0, 0.1) is 0 Å². The van der Waals surface area contributed by atoms with Gasteiger partial charge in [0.05, 0.1) is 17.6 Å². The standard InChI is InChI=1S/C16H23NO2/c1-16(2,12-8-4-3-5-9-12)15(19)17-13-10-6-7-11-14(13)18/h3-5,8-9,13-14,18H,6-7,10-11H2,1-2H3,(H,17,19)/t13-,14-/m0/s1. The van der Waals surface area contributed by atoms with Gasteiger partial charge >= 0.3 is 0 Å². The van der Waals surface area contributed by atoms with E-state index in [1.165, 1.54) is 0 Å². The number of carbonyl (C=O) groups is 1. The maximum atomic E-state index is 12.5. The molecule has 0 saturated heterocycles. The third-order valence-electron chi connectivity index (χ3n) is 4.11. The number of aliphatic hydroxyl groups excluding tert-OH is 1. The molecule has 0 radical (unpaired) electrons. The average molecular weight is 261 g/mol. The van der Waals surface area contributed by atoms with E-state index >= 15 is 0 Å². The van der Waals surface area contributed by atoms with Crippen LogP contribution in [0.2, 0.25) is 0 Å². The van der Waals surface area contributed by atoms with E-state index in [4.69, 9.17) is 0 Å². The highest BCUT2D eigenvalue weighted by atomic mass is 16.3. The van der Waals surface area contributed by atoms with Crippen molar-refractivity contribution >= 4 is 5.91 Å². The number of hydrogen-bond acceptors (Lipinski definition) is 2. The summed E-state index contributed by atoms with van der Waals surface area (Å²) in [5.74, 6) is -0.00958. The number of hydrogen-bond donors (Lipinski definition) is 2. The monoisotopic (exact) mass is 261 g/mol. The summed E-state index contributed by atoms with van der Waals surface area (Å²) in [5, 5.41) is 13.0. The molecular weight excluding hydrogens is 238 g/mol. The molecule has 1 aromatic rings. The van der Waals surface area contributed by atoms with Gasteiger partial charge in [-0.2, -0.15) is 0 Å². The minimum atomic E-state index is -0.571. The zero-order valence-electron chi connectivity index (χ0n) is 11.7. The van der Waals surface area contributed by atoms with Gasteiger partial charge in [0.25, 0.3) is 0 Å². The van der Waals surface area contributed by atoms with Gasteiger partial charge in [0.15, 0.2) is 0 Å². The Morgan fingerprint density at radius 3 is 2.47 bits per heavy atom. The molecule has 19 heavy (non-hydrogen) atoms. The molecule has 0 unspecified atom stereocenters. The minimum absolute atomic E-state index is 0.00958. The number of benzene rings is 1. The van der Waals surface area contributed by atoms with Gasteiger partial charge in [-0.15, -0.1) is 0 Å². The summed E-state index contributed by atoms with van der Waals surface area (Å²) in [5.41, 5.74) is 0.427. The van der Waals surface area contributed by atoms with Crippen molar-refractivity contribution in [3.8, 4) is 0 Å². The van der Waals surface area contributed by atoms with E-state index < -0.39 is 11.5 Å². The molecule has 2 atom stereocenters. The lowest BCUT2D eigenvalue weighted by molar-refractivity contribution is -0.127. The maximum absolute atomic E-state index is 12.5. The van der Waals surface area contributed by atoms with E-state index in [0.29, 0.717) is 0 Å². The maximum Gasteiger partial charge on any atom is 0.230 e. The normalized spacial score (nSPS) is 23.9. The second-order valence-electron chi connectivity index (χ2n) is 5.92. The van der Waals surface area contributed by atoms with Crippen LogP contribution in [0.3, 0.4) is 0 Å². The van der Waals surface area contributed by atoms with Gasteiger partial charge in [-0.1, -0.05) is 43.2 Å². The first-order chi connectivity index (χ1) is 9.01. The van der Waals surface area contributed by atoms with Crippen molar-refractivity contribution in [3.63, 3.8) is 0 Å². The van der Waals surface area contributed by atoms with E-state index in [9.17, 15) is 9.90 Å². The highest BCUT2D eigenvalue weighted by Crippen LogP contribution is 2.25. The molecule has 0 spiro atoms. The van der Waals surface area contributed by atoms with Gasteiger partial charge in [-0.25, -0.2) is 0 Å². The fourth-order valence-corrected chi connectivity index (χ4v) is 2.61. The van der Waals surface area contributed by atoms with Crippen LogP contribution in [0.1, 0.15) is 45.1 Å². The van der Waals surface area contributed by atoms with Crippen molar-refractivity contribution < 1.29 is 9.90 Å². The molecular formula is C16H23NO2. The van der Waals surface area contributed by atoms with E-state index in [-0.39, 0.29) is 11.9 Å². The number of aliphatic hydroxyl groups is 1. The summed E-state index contributed by atoms with van der Waals surface area (Å²) in [7, 11) is 0. The number of amides is 1. The summed E-state index contributed by atoms with van der Waals surface area (Å²) in [4.78, 5) is 12.5. The molecule has 2 rings (SSSR count). The smallest absolute Gasteiger partial charge is 0.230 e. The molecule has 0 aliphatic heterocycles. The van der Waals surface area contributed by atoms with Crippen molar-refractivity contribution in [1.82, 2.24) is 5.32 Å². The van der Waals surface area contributed by atoms with Crippen LogP contribution in [0.15, 0.2) is 30.3 Å². The van der Waals surface area contributed by atoms with Gasteiger partial charge in [0, 0.05) is 0 Å². The molecule has 3 heteroatoms. The third kappa shape index (κ3) is 3.16. The van der Waals surface area contributed by atoms with Crippen molar-refractivity contribution in [1.29, 1.82) is 0 Å². The SMILES string of the molecule is CC(C)(C(=O)N[C@H]1CCCC[C@@H]1O)c1ccccc1. The predicted octanol–water partition coefficient (Wildman–Crippen LogP) is 2.38. The zero-order valence-corrected chi connectivity index (χ0v) is 11.7. The Bertz CT molecular complexity index is 428. The number of carbonyl (C=O) groups excluding carboxylic acids is 1. The Balaban J connectivity index is 2.06. The molecule has 0 bridgehead atoms. The molecule has 1 aliphatic carbocycles. The van der Waals surface area contributed by atoms with Crippen LogP contribution in [0.5, 0.6) is 0 Å². The molecule has 3 nitrogen and oxygen atoms in total. The third-order valence-corrected chi connectivity index (χ3v) is 4.11. The molecule has 1 fully saturated rings. The minimum Gasteiger partial charge on any atom is -0.391 e. The first-order valence-electron chi connectivity index (χ1n) is 7.06. The molecule has 104 valence electrons. The van der Waals surface area contributed by atoms with Crippen LogP contribution in [-0.4, -0.2) is 23.2 Å². The predicted molar refractivity (Wildman–Crippen MR) is 75.9 cm³/mol. The van der Waals surface area contributed by atoms with E-state index in [1.54, 1.807) is 0 Å². The van der Waals surface area contributed by atoms with Gasteiger partial charge < -0.3 is 10.4 Å². The largest absolute Gasteiger partial charge is 0.391 e. The molecule has 1 saturated carbocycles. The summed E-state index contributed by atoms with van der Waals surface area (Å²) in [6.07, 6.45) is 3.39. The second-order valence-corrected chi connectivity index (χ2v) is 5.92. The quantitative estimate of drug-likeness (QED) is 0.877. The molecule has 2 N–H and O–H groups in total. The highest BCUT2D eigenvalue weighted by molar-refractivity contribution is 5.87. The van der Waals surface area contributed by atoms with E-state index in [1.807, 2.05) is 44.2 Å². The Hall–Kier alpha value is -1.35. The summed E-state index contributed by atoms with van der Waals surface area (Å²) in [6, 6.07) is 9.68. The van der Waals surface area contributed by atoms with Crippen LogP contribution in [0.25, 0.3) is 0 Å². The molecule has 1 amide bonds. The fraction of sp³-hybridized carbons (Fsp3) is 0.562. The Labute approximate surface area is 115 Å². The summed E-state index contributed by atoms with van der Waals surface area (Å²) < 4.78 is 0. The Morgan fingerprint density at radius 2 is 1.84 bits per heavy atom.